The highest BCUT2D eigenvalue weighted by Crippen LogP contribution is 2.46. The molecular formula is C23H21NO4. The highest BCUT2D eigenvalue weighted by Gasteiger charge is 2.27. The molecule has 0 radical (unpaired) electrons. The van der Waals surface area contributed by atoms with E-state index in [1.54, 1.807) is 0 Å². The van der Waals surface area contributed by atoms with Gasteiger partial charge in [0.15, 0.2) is 11.5 Å². The van der Waals surface area contributed by atoms with Crippen LogP contribution in [0.15, 0.2) is 42.5 Å². The fraction of sp³-hybridized carbons (Fsp3) is 0.261. The van der Waals surface area contributed by atoms with Gasteiger partial charge in [-0.25, -0.2) is 0 Å². The monoisotopic (exact) mass is 375 g/mol. The van der Waals surface area contributed by atoms with Crippen LogP contribution in [0.4, 0.5) is 0 Å². The number of nitrogens with one attached hydrogen (secondary N) is 1. The topological polar surface area (TPSA) is 56.8 Å². The molecule has 0 saturated carbocycles. The SMILES string of the molecule is CC(C)Oc1ccc(-c2c3c(cc4ccc5c(c24)OCO5)C(=O)NCC3)cc1. The number of ether oxygens (including phenoxy) is 3. The first kappa shape index (κ1) is 16.9. The summed E-state index contributed by atoms with van der Waals surface area (Å²) in [6.45, 7) is 4.86. The number of carbonyl (C=O) groups is 1. The molecule has 1 N–H and O–H groups in total. The Labute approximate surface area is 163 Å². The smallest absolute Gasteiger partial charge is 0.251 e. The second-order valence-electron chi connectivity index (χ2n) is 7.37. The molecule has 5 nitrogen and oxygen atoms in total. The fourth-order valence-electron chi connectivity index (χ4n) is 4.04. The summed E-state index contributed by atoms with van der Waals surface area (Å²) in [6, 6.07) is 13.9. The Morgan fingerprint density at radius 2 is 1.89 bits per heavy atom. The van der Waals surface area contributed by atoms with Crippen molar-refractivity contribution in [3.05, 3.63) is 53.6 Å². The van der Waals surface area contributed by atoms with Crippen LogP contribution < -0.4 is 19.5 Å². The highest BCUT2D eigenvalue weighted by atomic mass is 16.7. The third-order valence-corrected chi connectivity index (χ3v) is 5.17. The first-order valence-electron chi connectivity index (χ1n) is 9.55. The molecule has 28 heavy (non-hydrogen) atoms. The van der Waals surface area contributed by atoms with Gasteiger partial charge in [0.25, 0.3) is 5.91 Å². The number of carbonyl (C=O) groups excluding carboxylic acids is 1. The predicted molar refractivity (Wildman–Crippen MR) is 107 cm³/mol. The van der Waals surface area contributed by atoms with Crippen molar-refractivity contribution in [1.29, 1.82) is 0 Å². The summed E-state index contributed by atoms with van der Waals surface area (Å²) in [4.78, 5) is 12.5. The van der Waals surface area contributed by atoms with Gasteiger partial charge in [0, 0.05) is 17.5 Å². The molecule has 2 aliphatic heterocycles. The van der Waals surface area contributed by atoms with Crippen molar-refractivity contribution < 1.29 is 19.0 Å². The van der Waals surface area contributed by atoms with E-state index in [1.807, 2.05) is 44.2 Å². The molecule has 0 saturated heterocycles. The van der Waals surface area contributed by atoms with Gasteiger partial charge in [0.1, 0.15) is 5.75 Å². The Morgan fingerprint density at radius 3 is 2.68 bits per heavy atom. The summed E-state index contributed by atoms with van der Waals surface area (Å²) in [6.07, 6.45) is 0.898. The standard InChI is InChI=1S/C23H21NO4/c1-13(2)28-16-6-3-14(4-7-16)20-17-9-10-24-23(25)18(17)11-15-5-8-19-22(21(15)20)27-12-26-19/h3-8,11,13H,9-10,12H2,1-2H3,(H,24,25). The average Bonchev–Trinajstić information content (AvgIpc) is 3.16. The molecule has 142 valence electrons. The van der Waals surface area contributed by atoms with E-state index in [-0.39, 0.29) is 18.8 Å². The van der Waals surface area contributed by atoms with Crippen LogP contribution in [0.3, 0.4) is 0 Å². The molecule has 5 heteroatoms. The zero-order chi connectivity index (χ0) is 19.3. The maximum atomic E-state index is 12.5. The minimum atomic E-state index is -0.0261. The molecular weight excluding hydrogens is 354 g/mol. The Morgan fingerprint density at radius 1 is 1.07 bits per heavy atom. The summed E-state index contributed by atoms with van der Waals surface area (Å²) in [5, 5.41) is 4.92. The van der Waals surface area contributed by atoms with Crippen molar-refractivity contribution in [2.75, 3.05) is 13.3 Å². The van der Waals surface area contributed by atoms with E-state index >= 15 is 0 Å². The van der Waals surface area contributed by atoms with Crippen molar-refractivity contribution in [1.82, 2.24) is 5.32 Å². The van der Waals surface area contributed by atoms with Gasteiger partial charge in [0.2, 0.25) is 6.79 Å². The molecule has 0 fully saturated rings. The van der Waals surface area contributed by atoms with Crippen LogP contribution >= 0.6 is 0 Å². The van der Waals surface area contributed by atoms with Gasteiger partial charge < -0.3 is 19.5 Å². The van der Waals surface area contributed by atoms with Gasteiger partial charge in [-0.3, -0.25) is 4.79 Å². The molecule has 3 aromatic rings. The van der Waals surface area contributed by atoms with Crippen LogP contribution in [0.1, 0.15) is 29.8 Å². The maximum Gasteiger partial charge on any atom is 0.251 e. The number of hydrogen-bond acceptors (Lipinski definition) is 4. The fourth-order valence-corrected chi connectivity index (χ4v) is 4.04. The van der Waals surface area contributed by atoms with Gasteiger partial charge in [-0.2, -0.15) is 0 Å². The Bertz CT molecular complexity index is 1090. The minimum absolute atomic E-state index is 0.0261. The van der Waals surface area contributed by atoms with Crippen LogP contribution in [0, 0.1) is 0 Å². The van der Waals surface area contributed by atoms with Crippen molar-refractivity contribution >= 4 is 16.7 Å². The third-order valence-electron chi connectivity index (χ3n) is 5.17. The summed E-state index contributed by atoms with van der Waals surface area (Å²) < 4.78 is 17.2. The maximum absolute atomic E-state index is 12.5. The van der Waals surface area contributed by atoms with Gasteiger partial charge in [-0.1, -0.05) is 18.2 Å². The number of hydrogen-bond donors (Lipinski definition) is 1. The lowest BCUT2D eigenvalue weighted by molar-refractivity contribution is 0.0946. The lowest BCUT2D eigenvalue weighted by atomic mass is 9.86. The van der Waals surface area contributed by atoms with Gasteiger partial charge in [0.05, 0.1) is 6.10 Å². The largest absolute Gasteiger partial charge is 0.491 e. The van der Waals surface area contributed by atoms with Crippen LogP contribution in [0.25, 0.3) is 21.9 Å². The lowest BCUT2D eigenvalue weighted by Crippen LogP contribution is -2.32. The molecule has 0 atom stereocenters. The summed E-state index contributed by atoms with van der Waals surface area (Å²) >= 11 is 0. The van der Waals surface area contributed by atoms with Crippen molar-refractivity contribution in [3.63, 3.8) is 0 Å². The van der Waals surface area contributed by atoms with E-state index in [2.05, 4.69) is 17.4 Å². The second-order valence-corrected chi connectivity index (χ2v) is 7.37. The van der Waals surface area contributed by atoms with E-state index < -0.39 is 0 Å². The molecule has 1 amide bonds. The van der Waals surface area contributed by atoms with E-state index in [1.165, 1.54) is 0 Å². The zero-order valence-corrected chi connectivity index (χ0v) is 15.9. The third kappa shape index (κ3) is 2.66. The molecule has 0 bridgehead atoms. The minimum Gasteiger partial charge on any atom is -0.491 e. The number of rotatable bonds is 3. The van der Waals surface area contributed by atoms with Crippen LogP contribution in [-0.2, 0) is 6.42 Å². The first-order chi connectivity index (χ1) is 13.6. The van der Waals surface area contributed by atoms with Gasteiger partial charge in [-0.15, -0.1) is 0 Å². The Kier molecular flexibility index (Phi) is 3.90. The summed E-state index contributed by atoms with van der Waals surface area (Å²) in [5.74, 6) is 2.30. The number of amides is 1. The van der Waals surface area contributed by atoms with Crippen molar-refractivity contribution in [2.45, 2.75) is 26.4 Å². The Balaban J connectivity index is 1.78. The van der Waals surface area contributed by atoms with Crippen LogP contribution in [-0.4, -0.2) is 25.3 Å². The molecule has 5 rings (SSSR count). The molecule has 2 heterocycles. The quantitative estimate of drug-likeness (QED) is 0.741. The molecule has 2 aliphatic rings. The van der Waals surface area contributed by atoms with E-state index in [0.717, 1.165) is 56.7 Å². The Hall–Kier alpha value is -3.21. The lowest BCUT2D eigenvalue weighted by Gasteiger charge is -2.23. The van der Waals surface area contributed by atoms with E-state index in [4.69, 9.17) is 14.2 Å². The van der Waals surface area contributed by atoms with E-state index in [9.17, 15) is 4.79 Å². The molecule has 0 aromatic heterocycles. The van der Waals surface area contributed by atoms with E-state index in [0.29, 0.717) is 6.54 Å². The van der Waals surface area contributed by atoms with Gasteiger partial charge in [-0.05, 0) is 66.6 Å². The first-order valence-corrected chi connectivity index (χ1v) is 9.55. The summed E-state index contributed by atoms with van der Waals surface area (Å²) in [7, 11) is 0. The molecule has 0 spiro atoms. The zero-order valence-electron chi connectivity index (χ0n) is 15.9. The molecule has 0 aliphatic carbocycles. The normalized spacial score (nSPS) is 14.9. The van der Waals surface area contributed by atoms with Crippen molar-refractivity contribution in [3.8, 4) is 28.4 Å². The van der Waals surface area contributed by atoms with Crippen LogP contribution in [0.5, 0.6) is 17.2 Å². The predicted octanol–water partition coefficient (Wildman–Crippen LogP) is 4.31. The second kappa shape index (κ2) is 6.44. The highest BCUT2D eigenvalue weighted by molar-refractivity contribution is 6.10. The number of benzene rings is 3. The molecule has 0 unspecified atom stereocenters. The average molecular weight is 375 g/mol. The van der Waals surface area contributed by atoms with Crippen molar-refractivity contribution in [2.24, 2.45) is 0 Å². The van der Waals surface area contributed by atoms with Crippen LogP contribution in [0.2, 0.25) is 0 Å². The molecule has 3 aromatic carbocycles. The summed E-state index contributed by atoms with van der Waals surface area (Å²) in [5.41, 5.74) is 3.87. The number of fused-ring (bicyclic) bond motifs is 4. The van der Waals surface area contributed by atoms with Gasteiger partial charge >= 0.3 is 0 Å².